The number of carbonyl (C=O) groups is 7. The number of fused-ring (bicyclic) bond motifs is 4. The highest BCUT2D eigenvalue weighted by Crippen LogP contribution is 2.39. The molecule has 4 aromatic carbocycles. The second-order valence-corrected chi connectivity index (χ2v) is 20.6. The lowest BCUT2D eigenvalue weighted by atomic mass is 9.93. The lowest BCUT2D eigenvalue weighted by Gasteiger charge is -2.34. The zero-order chi connectivity index (χ0) is 56.2. The standard InChI is InChI=1S/C60H70N8O11/c1-37(2)57(65-54(70)17-9-7-12-22-67-55(71)20-21-56(67)72)59(74)63-39(4)58(73)64-44-19-18-41-28-46-33-62-49-31-53(51(77-6)29-47(49)60(75)68(46)35-43(41)26-44)79-24-14-8-13-23-78-52-30-48(38(3)25-50(52)76-5)61-32-45-27-40-15-10-11-16-42(40)34-66(45)36-69/h10-11,15-16,18-21,25-26,29-33,36-37,39,45-46,57H,7-9,12-14,17,22-24,27-28,34-35H2,1-6H3,(H,63,74)(H,64,73)(H,65,70)/b61-32-. The van der Waals surface area contributed by atoms with Gasteiger partial charge in [-0.1, -0.05) is 50.6 Å². The molecule has 0 saturated heterocycles. The fourth-order valence-corrected chi connectivity index (χ4v) is 10.0. The van der Waals surface area contributed by atoms with Crippen molar-refractivity contribution < 1.29 is 52.5 Å². The highest BCUT2D eigenvalue weighted by molar-refractivity contribution is 6.13. The number of nitrogens with one attached hydrogen (secondary N) is 3. The largest absolute Gasteiger partial charge is 0.493 e. The van der Waals surface area contributed by atoms with E-state index < -0.39 is 23.9 Å². The predicted molar refractivity (Wildman–Crippen MR) is 299 cm³/mol. The summed E-state index contributed by atoms with van der Waals surface area (Å²) in [6.07, 6.45) is 12.3. The number of carbonyl (C=O) groups excluding carboxylic acids is 7. The Balaban J connectivity index is 0.791. The molecule has 3 N–H and O–H groups in total. The zero-order valence-electron chi connectivity index (χ0n) is 45.8. The number of rotatable bonds is 25. The normalized spacial score (nSPS) is 17.1. The number of hydrogen-bond donors (Lipinski definition) is 3. The van der Waals surface area contributed by atoms with E-state index in [-0.39, 0.29) is 61.1 Å². The summed E-state index contributed by atoms with van der Waals surface area (Å²) in [5.41, 5.74) is 7.22. The van der Waals surface area contributed by atoms with E-state index in [0.29, 0.717) is 91.8 Å². The summed E-state index contributed by atoms with van der Waals surface area (Å²) in [7, 11) is 3.14. The smallest absolute Gasteiger partial charge is 0.257 e. The summed E-state index contributed by atoms with van der Waals surface area (Å²) in [6, 6.07) is 18.6. The Morgan fingerprint density at radius 2 is 1.43 bits per heavy atom. The first kappa shape index (κ1) is 56.8. The third kappa shape index (κ3) is 14.0. The molecule has 0 saturated carbocycles. The molecule has 7 amide bonds. The number of imide groups is 1. The predicted octanol–water partition coefficient (Wildman–Crippen LogP) is 7.28. The number of aliphatic imine (C=N–C) groups is 2. The molecule has 0 spiro atoms. The number of aryl methyl sites for hydroxylation is 1. The zero-order valence-corrected chi connectivity index (χ0v) is 45.8. The average Bonchev–Trinajstić information content (AvgIpc) is 3.91. The Kier molecular flexibility index (Phi) is 18.9. The molecule has 0 aromatic heterocycles. The van der Waals surface area contributed by atoms with Gasteiger partial charge >= 0.3 is 0 Å². The first-order valence-corrected chi connectivity index (χ1v) is 27.0. The third-order valence-electron chi connectivity index (χ3n) is 14.6. The fourth-order valence-electron chi connectivity index (χ4n) is 10.0. The van der Waals surface area contributed by atoms with E-state index in [4.69, 9.17) is 28.9 Å². The highest BCUT2D eigenvalue weighted by Gasteiger charge is 2.34. The first-order valence-electron chi connectivity index (χ1n) is 27.0. The molecule has 4 atom stereocenters. The molecule has 0 bridgehead atoms. The van der Waals surface area contributed by atoms with Gasteiger partial charge in [0, 0.05) is 68.5 Å². The molecule has 4 aliphatic rings. The van der Waals surface area contributed by atoms with Crippen LogP contribution in [0.15, 0.2) is 88.9 Å². The van der Waals surface area contributed by atoms with Crippen molar-refractivity contribution in [2.24, 2.45) is 15.9 Å². The van der Waals surface area contributed by atoms with Crippen molar-refractivity contribution in [2.45, 2.75) is 123 Å². The van der Waals surface area contributed by atoms with E-state index in [2.05, 4.69) is 28.1 Å². The summed E-state index contributed by atoms with van der Waals surface area (Å²) >= 11 is 0. The maximum Gasteiger partial charge on any atom is 0.257 e. The van der Waals surface area contributed by atoms with Crippen LogP contribution in [0.2, 0.25) is 0 Å². The summed E-state index contributed by atoms with van der Waals surface area (Å²) < 4.78 is 23.8. The minimum absolute atomic E-state index is 0.161. The number of ether oxygens (including phenoxy) is 4. The van der Waals surface area contributed by atoms with Crippen LogP contribution in [0.5, 0.6) is 23.0 Å². The number of anilines is 1. The lowest BCUT2D eigenvalue weighted by molar-refractivity contribution is -0.137. The maximum absolute atomic E-state index is 14.3. The van der Waals surface area contributed by atoms with Gasteiger partial charge in [-0.2, -0.15) is 0 Å². The van der Waals surface area contributed by atoms with Crippen LogP contribution < -0.4 is 34.9 Å². The molecule has 4 unspecified atom stereocenters. The van der Waals surface area contributed by atoms with Gasteiger partial charge in [-0.05, 0) is 117 Å². The van der Waals surface area contributed by atoms with Crippen LogP contribution in [0.1, 0.15) is 104 Å². The molecular formula is C60H70N8O11. The molecular weight excluding hydrogens is 1010 g/mol. The molecule has 4 aromatic rings. The molecule has 4 aliphatic heterocycles. The van der Waals surface area contributed by atoms with Gasteiger partial charge in [-0.25, -0.2) is 0 Å². The molecule has 19 nitrogen and oxygen atoms in total. The fraction of sp³-hybridized carbons (Fsp3) is 0.417. The van der Waals surface area contributed by atoms with E-state index in [1.165, 1.54) is 29.7 Å². The van der Waals surface area contributed by atoms with Gasteiger partial charge in [0.25, 0.3) is 17.7 Å². The van der Waals surface area contributed by atoms with Crippen molar-refractivity contribution in [3.8, 4) is 23.0 Å². The molecule has 416 valence electrons. The van der Waals surface area contributed by atoms with E-state index in [9.17, 15) is 33.6 Å². The number of amides is 7. The number of hydrogen-bond acceptors (Lipinski definition) is 13. The van der Waals surface area contributed by atoms with Crippen LogP contribution in [-0.4, -0.2) is 127 Å². The monoisotopic (exact) mass is 1080 g/mol. The van der Waals surface area contributed by atoms with Crippen LogP contribution >= 0.6 is 0 Å². The number of unbranched alkanes of at least 4 members (excludes halogenated alkanes) is 4. The Labute approximate surface area is 460 Å². The second-order valence-electron chi connectivity index (χ2n) is 20.6. The Morgan fingerprint density at radius 1 is 0.747 bits per heavy atom. The molecule has 19 heteroatoms. The molecule has 79 heavy (non-hydrogen) atoms. The number of nitrogens with zero attached hydrogens (tertiary/aromatic N) is 5. The molecule has 8 rings (SSSR count). The minimum Gasteiger partial charge on any atom is -0.493 e. The Hall–Kier alpha value is -8.35. The SMILES string of the molecule is COc1cc2c(cc1OCCCCCOc1cc(/N=C\C3Cc4ccccc4CN3C=O)c(C)cc1OC)N=CC1Cc3ccc(NC(=O)C(C)NC(=O)C(NC(=O)CCCCCN4C(=O)C=CC4=O)C(C)C)cc3CN1C2=O. The van der Waals surface area contributed by atoms with Crippen molar-refractivity contribution in [2.75, 3.05) is 39.3 Å². The van der Waals surface area contributed by atoms with Gasteiger partial charge in [-0.15, -0.1) is 0 Å². The first-order chi connectivity index (χ1) is 38.1. The third-order valence-corrected chi connectivity index (χ3v) is 14.6. The Morgan fingerprint density at radius 3 is 2.14 bits per heavy atom. The summed E-state index contributed by atoms with van der Waals surface area (Å²) in [5, 5.41) is 8.42. The van der Waals surface area contributed by atoms with E-state index >= 15 is 0 Å². The van der Waals surface area contributed by atoms with Gasteiger partial charge in [-0.3, -0.25) is 48.4 Å². The summed E-state index contributed by atoms with van der Waals surface area (Å²) in [5.74, 6) is -0.351. The van der Waals surface area contributed by atoms with Crippen molar-refractivity contribution >= 4 is 71.3 Å². The van der Waals surface area contributed by atoms with Crippen LogP contribution in [0.4, 0.5) is 17.1 Å². The molecule has 0 radical (unpaired) electrons. The van der Waals surface area contributed by atoms with E-state index in [1.807, 2.05) is 49.5 Å². The van der Waals surface area contributed by atoms with Crippen molar-refractivity contribution in [3.63, 3.8) is 0 Å². The maximum atomic E-state index is 14.3. The van der Waals surface area contributed by atoms with Gasteiger partial charge in [0.05, 0.1) is 56.5 Å². The van der Waals surface area contributed by atoms with Crippen LogP contribution in [0.3, 0.4) is 0 Å². The van der Waals surface area contributed by atoms with Gasteiger partial charge in [0.15, 0.2) is 23.0 Å². The quantitative estimate of drug-likeness (QED) is 0.0259. The van der Waals surface area contributed by atoms with Crippen LogP contribution in [0, 0.1) is 12.8 Å². The average molecular weight is 1080 g/mol. The topological polar surface area (TPSA) is 227 Å². The van der Waals surface area contributed by atoms with Crippen LogP contribution in [0.25, 0.3) is 0 Å². The van der Waals surface area contributed by atoms with E-state index in [1.54, 1.807) is 62.1 Å². The molecule has 0 aliphatic carbocycles. The number of benzene rings is 4. The van der Waals surface area contributed by atoms with Crippen molar-refractivity contribution in [1.82, 2.24) is 25.3 Å². The van der Waals surface area contributed by atoms with Gasteiger partial charge < -0.3 is 44.7 Å². The van der Waals surface area contributed by atoms with Crippen molar-refractivity contribution in [3.05, 3.63) is 112 Å². The highest BCUT2D eigenvalue weighted by atomic mass is 16.5. The Bertz CT molecular complexity index is 3030. The van der Waals surface area contributed by atoms with Crippen LogP contribution in [-0.2, 0) is 54.7 Å². The lowest BCUT2D eigenvalue weighted by Crippen LogP contribution is -2.53. The summed E-state index contributed by atoms with van der Waals surface area (Å²) in [4.78, 5) is 104. The molecule has 0 fully saturated rings. The van der Waals surface area contributed by atoms with Gasteiger partial charge in [0.1, 0.15) is 12.1 Å². The number of methoxy groups -OCH3 is 2. The molecule has 4 heterocycles. The van der Waals surface area contributed by atoms with E-state index in [0.717, 1.165) is 53.6 Å². The second kappa shape index (κ2) is 26.3. The summed E-state index contributed by atoms with van der Waals surface area (Å²) in [6.45, 7) is 9.06. The van der Waals surface area contributed by atoms with Gasteiger partial charge in [0.2, 0.25) is 24.1 Å². The minimum atomic E-state index is -0.943. The van der Waals surface area contributed by atoms with Crippen molar-refractivity contribution in [1.29, 1.82) is 0 Å².